The quantitative estimate of drug-likeness (QED) is 0.549. The Labute approximate surface area is 120 Å². The number of nitro groups is 1. The van der Waals surface area contributed by atoms with E-state index in [1.54, 1.807) is 6.07 Å². The van der Waals surface area contributed by atoms with Gasteiger partial charge in [0.15, 0.2) is 12.4 Å². The lowest BCUT2D eigenvalue weighted by Crippen LogP contribution is -2.31. The molecule has 0 aliphatic carbocycles. The second kappa shape index (κ2) is 7.83. The Bertz CT molecular complexity index is 531. The first-order chi connectivity index (χ1) is 9.91. The van der Waals surface area contributed by atoms with Gasteiger partial charge in [-0.15, -0.1) is 0 Å². The van der Waals surface area contributed by atoms with E-state index in [4.69, 9.17) is 9.84 Å². The number of hydrogen-bond donors (Lipinski definition) is 2. The molecule has 0 spiro atoms. The SMILES string of the molecule is CC(CCNC(=O)COc1ccccc1[N+](=O)[O-])C(=O)O. The second-order valence-electron chi connectivity index (χ2n) is 4.39. The van der Waals surface area contributed by atoms with Crippen molar-refractivity contribution in [2.45, 2.75) is 13.3 Å². The zero-order chi connectivity index (χ0) is 15.8. The highest BCUT2D eigenvalue weighted by Crippen LogP contribution is 2.25. The van der Waals surface area contributed by atoms with E-state index in [0.29, 0.717) is 6.42 Å². The number of carbonyl (C=O) groups is 2. The van der Waals surface area contributed by atoms with Gasteiger partial charge in [-0.2, -0.15) is 0 Å². The van der Waals surface area contributed by atoms with Crippen LogP contribution in [0, 0.1) is 16.0 Å². The molecule has 0 saturated heterocycles. The average molecular weight is 296 g/mol. The van der Waals surface area contributed by atoms with Crippen molar-refractivity contribution in [1.29, 1.82) is 0 Å². The average Bonchev–Trinajstić information content (AvgIpc) is 2.45. The standard InChI is InChI=1S/C13H16N2O6/c1-9(13(17)18)6-7-14-12(16)8-21-11-5-3-2-4-10(11)15(19)20/h2-5,9H,6-8H2,1H3,(H,14,16)(H,17,18). The van der Waals surface area contributed by atoms with Crippen LogP contribution < -0.4 is 10.1 Å². The summed E-state index contributed by atoms with van der Waals surface area (Å²) in [6.45, 7) is 1.37. The van der Waals surface area contributed by atoms with E-state index in [-0.39, 0.29) is 24.6 Å². The molecule has 1 rings (SSSR count). The molecular weight excluding hydrogens is 280 g/mol. The highest BCUT2D eigenvalue weighted by molar-refractivity contribution is 5.77. The van der Waals surface area contributed by atoms with Crippen LogP contribution in [0.15, 0.2) is 24.3 Å². The molecule has 1 unspecified atom stereocenters. The first-order valence-corrected chi connectivity index (χ1v) is 6.27. The minimum atomic E-state index is -0.930. The molecular formula is C13H16N2O6. The summed E-state index contributed by atoms with van der Waals surface area (Å²) in [4.78, 5) is 32.2. The lowest BCUT2D eigenvalue weighted by Gasteiger charge is -2.09. The van der Waals surface area contributed by atoms with Gasteiger partial charge in [0, 0.05) is 12.6 Å². The minimum Gasteiger partial charge on any atom is -0.481 e. The predicted octanol–water partition coefficient (Wildman–Crippen LogP) is 1.20. The van der Waals surface area contributed by atoms with Crippen LogP contribution in [-0.4, -0.2) is 35.1 Å². The van der Waals surface area contributed by atoms with Crippen LogP contribution in [0.25, 0.3) is 0 Å². The van der Waals surface area contributed by atoms with Crippen molar-refractivity contribution >= 4 is 17.6 Å². The van der Waals surface area contributed by atoms with E-state index in [1.807, 2.05) is 0 Å². The number of para-hydroxylation sites is 2. The van der Waals surface area contributed by atoms with Gasteiger partial charge in [-0.1, -0.05) is 19.1 Å². The Morgan fingerprint density at radius 3 is 2.71 bits per heavy atom. The molecule has 21 heavy (non-hydrogen) atoms. The van der Waals surface area contributed by atoms with Gasteiger partial charge in [-0.3, -0.25) is 19.7 Å². The molecule has 1 aromatic rings. The molecule has 8 heteroatoms. The summed E-state index contributed by atoms with van der Waals surface area (Å²) in [5, 5.41) is 21.9. The normalized spacial score (nSPS) is 11.5. The summed E-state index contributed by atoms with van der Waals surface area (Å²) in [5.74, 6) is -1.94. The van der Waals surface area contributed by atoms with Crippen LogP contribution >= 0.6 is 0 Å². The fourth-order valence-corrected chi connectivity index (χ4v) is 1.48. The molecule has 1 amide bonds. The van der Waals surface area contributed by atoms with Gasteiger partial charge >= 0.3 is 11.7 Å². The van der Waals surface area contributed by atoms with Crippen LogP contribution in [0.3, 0.4) is 0 Å². The van der Waals surface area contributed by atoms with Crippen molar-refractivity contribution in [1.82, 2.24) is 5.32 Å². The largest absolute Gasteiger partial charge is 0.481 e. The maximum absolute atomic E-state index is 11.5. The number of nitrogens with zero attached hydrogens (tertiary/aromatic N) is 1. The molecule has 0 aliphatic heterocycles. The summed E-state index contributed by atoms with van der Waals surface area (Å²) in [7, 11) is 0. The maximum atomic E-state index is 11.5. The van der Waals surface area contributed by atoms with Crippen molar-refractivity contribution in [3.8, 4) is 5.75 Å². The lowest BCUT2D eigenvalue weighted by molar-refractivity contribution is -0.385. The smallest absolute Gasteiger partial charge is 0.310 e. The number of amides is 1. The molecule has 114 valence electrons. The number of ether oxygens (including phenoxy) is 1. The maximum Gasteiger partial charge on any atom is 0.310 e. The fourth-order valence-electron chi connectivity index (χ4n) is 1.48. The molecule has 0 bridgehead atoms. The Hall–Kier alpha value is -2.64. The first-order valence-electron chi connectivity index (χ1n) is 6.27. The summed E-state index contributed by atoms with van der Waals surface area (Å²) in [5.41, 5.74) is -0.218. The van der Waals surface area contributed by atoms with Crippen LogP contribution in [0.4, 0.5) is 5.69 Å². The molecule has 2 N–H and O–H groups in total. The summed E-state index contributed by atoms with van der Waals surface area (Å²) >= 11 is 0. The van der Waals surface area contributed by atoms with Gasteiger partial charge < -0.3 is 15.2 Å². The fraction of sp³-hybridized carbons (Fsp3) is 0.385. The zero-order valence-corrected chi connectivity index (χ0v) is 11.4. The van der Waals surface area contributed by atoms with E-state index in [9.17, 15) is 19.7 Å². The molecule has 0 aliphatic rings. The highest BCUT2D eigenvalue weighted by Gasteiger charge is 2.15. The van der Waals surface area contributed by atoms with E-state index in [0.717, 1.165) is 0 Å². The molecule has 0 fully saturated rings. The van der Waals surface area contributed by atoms with Crippen molar-refractivity contribution in [3.05, 3.63) is 34.4 Å². The molecule has 0 saturated carbocycles. The summed E-state index contributed by atoms with van der Waals surface area (Å²) < 4.78 is 5.10. The molecule has 0 heterocycles. The van der Waals surface area contributed by atoms with E-state index in [2.05, 4.69) is 5.32 Å². The number of carboxylic acids is 1. The van der Waals surface area contributed by atoms with E-state index >= 15 is 0 Å². The number of nitro benzene ring substituents is 1. The van der Waals surface area contributed by atoms with Crippen LogP contribution in [0.5, 0.6) is 5.75 Å². The number of carboxylic acid groups (broad SMARTS) is 1. The third-order valence-corrected chi connectivity index (χ3v) is 2.74. The Morgan fingerprint density at radius 2 is 2.10 bits per heavy atom. The van der Waals surface area contributed by atoms with Crippen molar-refractivity contribution in [2.24, 2.45) is 5.92 Å². The van der Waals surface area contributed by atoms with Crippen LogP contribution in [0.2, 0.25) is 0 Å². The molecule has 1 aromatic carbocycles. The third kappa shape index (κ3) is 5.47. The second-order valence-corrected chi connectivity index (χ2v) is 4.39. The van der Waals surface area contributed by atoms with Gasteiger partial charge in [-0.25, -0.2) is 0 Å². The number of nitrogens with one attached hydrogen (secondary N) is 1. The van der Waals surface area contributed by atoms with Gasteiger partial charge in [0.2, 0.25) is 0 Å². The van der Waals surface area contributed by atoms with Gasteiger partial charge in [-0.05, 0) is 12.5 Å². The molecule has 1 atom stereocenters. The number of aliphatic carboxylic acids is 1. The Morgan fingerprint density at radius 1 is 1.43 bits per heavy atom. The van der Waals surface area contributed by atoms with Gasteiger partial charge in [0.25, 0.3) is 5.91 Å². The molecule has 0 radical (unpaired) electrons. The minimum absolute atomic E-state index is 0.0107. The lowest BCUT2D eigenvalue weighted by atomic mass is 10.1. The van der Waals surface area contributed by atoms with Crippen molar-refractivity contribution in [2.75, 3.05) is 13.2 Å². The Balaban J connectivity index is 2.40. The number of hydrogen-bond acceptors (Lipinski definition) is 5. The summed E-state index contributed by atoms with van der Waals surface area (Å²) in [6, 6.07) is 5.74. The monoisotopic (exact) mass is 296 g/mol. The highest BCUT2D eigenvalue weighted by atomic mass is 16.6. The number of carbonyl (C=O) groups excluding carboxylic acids is 1. The molecule has 0 aromatic heterocycles. The summed E-state index contributed by atoms with van der Waals surface area (Å²) in [6.07, 6.45) is 0.298. The topological polar surface area (TPSA) is 119 Å². The van der Waals surface area contributed by atoms with Crippen molar-refractivity contribution < 1.29 is 24.4 Å². The molecule has 8 nitrogen and oxygen atoms in total. The van der Waals surface area contributed by atoms with E-state index < -0.39 is 22.7 Å². The third-order valence-electron chi connectivity index (χ3n) is 2.74. The predicted molar refractivity (Wildman–Crippen MR) is 73.0 cm³/mol. The number of benzene rings is 1. The van der Waals surface area contributed by atoms with Crippen LogP contribution in [0.1, 0.15) is 13.3 Å². The first kappa shape index (κ1) is 16.4. The zero-order valence-electron chi connectivity index (χ0n) is 11.4. The van der Waals surface area contributed by atoms with Crippen LogP contribution in [-0.2, 0) is 9.59 Å². The number of rotatable bonds is 8. The van der Waals surface area contributed by atoms with E-state index in [1.165, 1.54) is 25.1 Å². The van der Waals surface area contributed by atoms with Gasteiger partial charge in [0.1, 0.15) is 0 Å². The van der Waals surface area contributed by atoms with Crippen molar-refractivity contribution in [3.63, 3.8) is 0 Å². The Kier molecular flexibility index (Phi) is 6.12. The van der Waals surface area contributed by atoms with Gasteiger partial charge in [0.05, 0.1) is 10.8 Å².